The van der Waals surface area contributed by atoms with E-state index >= 15 is 0 Å². The zero-order valence-electron chi connectivity index (χ0n) is 14.1. The van der Waals surface area contributed by atoms with Crippen LogP contribution in [0, 0.1) is 11.3 Å². The van der Waals surface area contributed by atoms with Gasteiger partial charge in [-0.15, -0.1) is 0 Å². The van der Waals surface area contributed by atoms with Gasteiger partial charge in [-0.1, -0.05) is 12.1 Å². The molecule has 1 aromatic carbocycles. The summed E-state index contributed by atoms with van der Waals surface area (Å²) in [5.41, 5.74) is 1.93. The van der Waals surface area contributed by atoms with Crippen molar-refractivity contribution in [2.24, 2.45) is 0 Å². The highest BCUT2D eigenvalue weighted by Gasteiger charge is 2.26. The summed E-state index contributed by atoms with van der Waals surface area (Å²) in [6, 6.07) is 9.44. The second-order valence-corrected chi connectivity index (χ2v) is 6.83. The maximum absolute atomic E-state index is 12.2. The first-order chi connectivity index (χ1) is 11.4. The Kier molecular flexibility index (Phi) is 4.02. The predicted molar refractivity (Wildman–Crippen MR) is 89.0 cm³/mol. The fourth-order valence-electron chi connectivity index (χ4n) is 2.59. The standard InChI is InChI=1S/C18H20N4O2/c1-18(2,3)24-17(23)22-9-8-21-11-15(20-16(21)12-22)14-6-4-13(10-19)5-7-14/h4-7,11H,8-9,12H2,1-3H3. The van der Waals surface area contributed by atoms with Gasteiger partial charge in [0.05, 0.1) is 23.9 Å². The molecule has 0 unspecified atom stereocenters. The third-order valence-electron chi connectivity index (χ3n) is 3.76. The average molecular weight is 324 g/mol. The molecule has 124 valence electrons. The number of nitrogens with zero attached hydrogens (tertiary/aromatic N) is 4. The van der Waals surface area contributed by atoms with Gasteiger partial charge in [0, 0.05) is 24.8 Å². The minimum absolute atomic E-state index is 0.309. The third kappa shape index (κ3) is 3.40. The van der Waals surface area contributed by atoms with E-state index in [1.807, 2.05) is 39.1 Å². The molecule has 1 aromatic heterocycles. The van der Waals surface area contributed by atoms with E-state index in [1.54, 1.807) is 17.0 Å². The maximum atomic E-state index is 12.2. The van der Waals surface area contributed by atoms with Crippen molar-refractivity contribution in [1.29, 1.82) is 5.26 Å². The minimum Gasteiger partial charge on any atom is -0.444 e. The van der Waals surface area contributed by atoms with Crippen LogP contribution in [-0.2, 0) is 17.8 Å². The van der Waals surface area contributed by atoms with E-state index in [9.17, 15) is 4.79 Å². The van der Waals surface area contributed by atoms with E-state index < -0.39 is 5.60 Å². The lowest BCUT2D eigenvalue weighted by Crippen LogP contribution is -2.41. The highest BCUT2D eigenvalue weighted by Crippen LogP contribution is 2.23. The third-order valence-corrected chi connectivity index (χ3v) is 3.76. The molecule has 0 saturated heterocycles. The minimum atomic E-state index is -0.502. The summed E-state index contributed by atoms with van der Waals surface area (Å²) in [6.07, 6.45) is 1.68. The summed E-state index contributed by atoms with van der Waals surface area (Å²) in [5.74, 6) is 0.839. The molecule has 3 rings (SSSR count). The fourth-order valence-corrected chi connectivity index (χ4v) is 2.59. The Balaban J connectivity index is 1.77. The van der Waals surface area contributed by atoms with Gasteiger partial charge in [0.2, 0.25) is 0 Å². The van der Waals surface area contributed by atoms with Gasteiger partial charge >= 0.3 is 6.09 Å². The Hall–Kier alpha value is -2.81. The van der Waals surface area contributed by atoms with E-state index in [4.69, 9.17) is 10.00 Å². The highest BCUT2D eigenvalue weighted by molar-refractivity contribution is 5.68. The van der Waals surface area contributed by atoms with Crippen LogP contribution in [0.25, 0.3) is 11.3 Å². The molecule has 0 aliphatic carbocycles. The monoisotopic (exact) mass is 324 g/mol. The molecule has 2 heterocycles. The molecular weight excluding hydrogens is 304 g/mol. The topological polar surface area (TPSA) is 71.2 Å². The second kappa shape index (κ2) is 6.00. The van der Waals surface area contributed by atoms with Crippen molar-refractivity contribution in [3.63, 3.8) is 0 Å². The number of rotatable bonds is 1. The Bertz CT molecular complexity index is 794. The number of carbonyl (C=O) groups excluding carboxylic acids is 1. The molecule has 1 aliphatic rings. The quantitative estimate of drug-likeness (QED) is 0.808. The van der Waals surface area contributed by atoms with E-state index in [0.29, 0.717) is 25.2 Å². The largest absolute Gasteiger partial charge is 0.444 e. The zero-order chi connectivity index (χ0) is 17.3. The number of benzene rings is 1. The van der Waals surface area contributed by atoms with E-state index in [0.717, 1.165) is 17.1 Å². The average Bonchev–Trinajstić information content (AvgIpc) is 2.96. The van der Waals surface area contributed by atoms with Crippen LogP contribution in [0.4, 0.5) is 4.79 Å². The number of imidazole rings is 1. The van der Waals surface area contributed by atoms with Crippen LogP contribution in [0.15, 0.2) is 30.5 Å². The summed E-state index contributed by atoms with van der Waals surface area (Å²) in [4.78, 5) is 18.5. The van der Waals surface area contributed by atoms with Crippen LogP contribution in [0.2, 0.25) is 0 Å². The number of amides is 1. The lowest BCUT2D eigenvalue weighted by molar-refractivity contribution is 0.0195. The summed E-state index contributed by atoms with van der Waals surface area (Å²) >= 11 is 0. The Labute approximate surface area is 141 Å². The molecule has 6 heteroatoms. The van der Waals surface area contributed by atoms with Crippen LogP contribution in [0.3, 0.4) is 0 Å². The summed E-state index contributed by atoms with van der Waals surface area (Å²) in [6.45, 7) is 7.31. The van der Waals surface area contributed by atoms with E-state index in [1.165, 1.54) is 0 Å². The van der Waals surface area contributed by atoms with Crippen LogP contribution in [-0.4, -0.2) is 32.7 Å². The molecule has 2 aromatic rings. The number of carbonyl (C=O) groups is 1. The molecule has 1 amide bonds. The van der Waals surface area contributed by atoms with Crippen molar-refractivity contribution >= 4 is 6.09 Å². The number of nitriles is 1. The molecule has 0 atom stereocenters. The summed E-state index contributed by atoms with van der Waals surface area (Å²) < 4.78 is 7.49. The van der Waals surface area contributed by atoms with Crippen molar-refractivity contribution in [3.8, 4) is 17.3 Å². The first kappa shape index (κ1) is 16.1. The van der Waals surface area contributed by atoms with Crippen molar-refractivity contribution in [2.75, 3.05) is 6.54 Å². The van der Waals surface area contributed by atoms with Gasteiger partial charge in [0.1, 0.15) is 11.4 Å². The molecule has 24 heavy (non-hydrogen) atoms. The zero-order valence-corrected chi connectivity index (χ0v) is 14.1. The van der Waals surface area contributed by atoms with Crippen molar-refractivity contribution in [2.45, 2.75) is 39.5 Å². The molecule has 0 spiro atoms. The van der Waals surface area contributed by atoms with Gasteiger partial charge in [-0.2, -0.15) is 5.26 Å². The first-order valence-electron chi connectivity index (χ1n) is 7.90. The smallest absolute Gasteiger partial charge is 0.410 e. The van der Waals surface area contributed by atoms with Gasteiger partial charge in [-0.05, 0) is 32.9 Å². The van der Waals surface area contributed by atoms with Gasteiger partial charge in [0.15, 0.2) is 0 Å². The van der Waals surface area contributed by atoms with Crippen molar-refractivity contribution in [1.82, 2.24) is 14.5 Å². The van der Waals surface area contributed by atoms with Crippen LogP contribution < -0.4 is 0 Å². The summed E-state index contributed by atoms with van der Waals surface area (Å²) in [7, 11) is 0. The number of aromatic nitrogens is 2. The second-order valence-electron chi connectivity index (χ2n) is 6.83. The van der Waals surface area contributed by atoms with E-state index in [2.05, 4.69) is 15.6 Å². The highest BCUT2D eigenvalue weighted by atomic mass is 16.6. The Morgan fingerprint density at radius 2 is 1.96 bits per heavy atom. The van der Waals surface area contributed by atoms with Gasteiger partial charge in [-0.3, -0.25) is 4.90 Å². The maximum Gasteiger partial charge on any atom is 0.410 e. The van der Waals surface area contributed by atoms with E-state index in [-0.39, 0.29) is 6.09 Å². The first-order valence-corrected chi connectivity index (χ1v) is 7.90. The SMILES string of the molecule is CC(C)(C)OC(=O)N1CCn2cc(-c3ccc(C#N)cc3)nc2C1. The van der Waals surface area contributed by atoms with Gasteiger partial charge in [-0.25, -0.2) is 9.78 Å². The number of hydrogen-bond acceptors (Lipinski definition) is 4. The number of ether oxygens (including phenoxy) is 1. The molecule has 0 saturated carbocycles. The van der Waals surface area contributed by atoms with Crippen LogP contribution >= 0.6 is 0 Å². The molecular formula is C18H20N4O2. The molecule has 6 nitrogen and oxygen atoms in total. The molecule has 0 bridgehead atoms. The normalized spacial score (nSPS) is 14.0. The van der Waals surface area contributed by atoms with Crippen LogP contribution in [0.5, 0.6) is 0 Å². The van der Waals surface area contributed by atoms with Crippen molar-refractivity contribution < 1.29 is 9.53 Å². The lowest BCUT2D eigenvalue weighted by Gasteiger charge is -2.30. The number of hydrogen-bond donors (Lipinski definition) is 0. The fraction of sp³-hybridized carbons (Fsp3) is 0.389. The predicted octanol–water partition coefficient (Wildman–Crippen LogP) is 3.17. The molecule has 0 fully saturated rings. The lowest BCUT2D eigenvalue weighted by atomic mass is 10.1. The Morgan fingerprint density at radius 3 is 2.58 bits per heavy atom. The van der Waals surface area contributed by atoms with Gasteiger partial charge < -0.3 is 9.30 Å². The molecule has 0 N–H and O–H groups in total. The van der Waals surface area contributed by atoms with Crippen molar-refractivity contribution in [3.05, 3.63) is 41.9 Å². The van der Waals surface area contributed by atoms with Gasteiger partial charge in [0.25, 0.3) is 0 Å². The number of fused-ring (bicyclic) bond motifs is 1. The molecule has 1 aliphatic heterocycles. The van der Waals surface area contributed by atoms with Crippen LogP contribution in [0.1, 0.15) is 32.2 Å². The Morgan fingerprint density at radius 1 is 1.25 bits per heavy atom. The summed E-state index contributed by atoms with van der Waals surface area (Å²) in [5, 5.41) is 8.87. The molecule has 0 radical (unpaired) electrons.